The summed E-state index contributed by atoms with van der Waals surface area (Å²) in [6, 6.07) is 17.1. The molecule has 3 aromatic rings. The van der Waals surface area contributed by atoms with Crippen molar-refractivity contribution in [2.75, 3.05) is 12.4 Å². The predicted octanol–water partition coefficient (Wildman–Crippen LogP) is 4.21. The van der Waals surface area contributed by atoms with Crippen LogP contribution in [0.25, 0.3) is 0 Å². The number of esters is 1. The number of ether oxygens (including phenoxy) is 2. The van der Waals surface area contributed by atoms with Gasteiger partial charge in [0.15, 0.2) is 0 Å². The number of carbonyl (C=O) groups is 2. The number of carbonyl (C=O) groups excluding carboxylic acids is 2. The zero-order valence-corrected chi connectivity index (χ0v) is 15.2. The van der Waals surface area contributed by atoms with Crippen LogP contribution in [0.5, 0.6) is 5.75 Å². The summed E-state index contributed by atoms with van der Waals surface area (Å²) < 4.78 is 10.6. The maximum absolute atomic E-state index is 12.8. The van der Waals surface area contributed by atoms with Crippen LogP contribution in [0.15, 0.2) is 66.9 Å². The number of H-pyrrole nitrogens is 1. The number of anilines is 1. The van der Waals surface area contributed by atoms with Gasteiger partial charge in [0.2, 0.25) is 6.10 Å². The summed E-state index contributed by atoms with van der Waals surface area (Å²) in [7, 11) is 1.54. The SMILES string of the molecule is COc1cccc(NC(=O)C(OC(=O)c2cc(Cl)c[nH]2)c2ccccc2)c1. The Kier molecular flexibility index (Phi) is 5.78. The molecule has 0 aliphatic carbocycles. The fraction of sp³-hybridized carbons (Fsp3) is 0.100. The molecule has 27 heavy (non-hydrogen) atoms. The van der Waals surface area contributed by atoms with E-state index in [-0.39, 0.29) is 5.69 Å². The van der Waals surface area contributed by atoms with E-state index in [1.54, 1.807) is 48.5 Å². The van der Waals surface area contributed by atoms with Crippen molar-refractivity contribution < 1.29 is 19.1 Å². The van der Waals surface area contributed by atoms with E-state index in [4.69, 9.17) is 21.1 Å². The largest absolute Gasteiger partial charge is 0.497 e. The lowest BCUT2D eigenvalue weighted by Crippen LogP contribution is -2.26. The Morgan fingerprint density at radius 1 is 1.07 bits per heavy atom. The third kappa shape index (κ3) is 4.68. The highest BCUT2D eigenvalue weighted by molar-refractivity contribution is 6.30. The van der Waals surface area contributed by atoms with E-state index >= 15 is 0 Å². The van der Waals surface area contributed by atoms with Crippen LogP contribution in [0.4, 0.5) is 5.69 Å². The van der Waals surface area contributed by atoms with Gasteiger partial charge in [0.25, 0.3) is 5.91 Å². The molecule has 0 fully saturated rings. The summed E-state index contributed by atoms with van der Waals surface area (Å²) in [5, 5.41) is 3.12. The van der Waals surface area contributed by atoms with Crippen molar-refractivity contribution in [2.24, 2.45) is 0 Å². The number of hydrogen-bond donors (Lipinski definition) is 2. The molecule has 0 bridgehead atoms. The molecule has 1 amide bonds. The van der Waals surface area contributed by atoms with Gasteiger partial charge >= 0.3 is 5.97 Å². The molecule has 6 nitrogen and oxygen atoms in total. The molecule has 2 aromatic carbocycles. The van der Waals surface area contributed by atoms with Crippen LogP contribution in [0.3, 0.4) is 0 Å². The third-order valence-corrected chi connectivity index (χ3v) is 3.99. The predicted molar refractivity (Wildman–Crippen MR) is 102 cm³/mol. The Hall–Kier alpha value is -3.25. The van der Waals surface area contributed by atoms with Crippen LogP contribution in [0, 0.1) is 0 Å². The van der Waals surface area contributed by atoms with Crippen molar-refractivity contribution in [1.82, 2.24) is 4.98 Å². The lowest BCUT2D eigenvalue weighted by molar-refractivity contribution is -0.125. The lowest BCUT2D eigenvalue weighted by atomic mass is 10.1. The van der Waals surface area contributed by atoms with E-state index in [1.165, 1.54) is 19.4 Å². The molecule has 7 heteroatoms. The highest BCUT2D eigenvalue weighted by atomic mass is 35.5. The van der Waals surface area contributed by atoms with Crippen molar-refractivity contribution in [3.8, 4) is 5.75 Å². The fourth-order valence-corrected chi connectivity index (χ4v) is 2.63. The van der Waals surface area contributed by atoms with Crippen LogP contribution in [0.1, 0.15) is 22.2 Å². The van der Waals surface area contributed by atoms with Gasteiger partial charge in [-0.05, 0) is 18.2 Å². The van der Waals surface area contributed by atoms with Gasteiger partial charge in [0, 0.05) is 23.5 Å². The number of rotatable bonds is 6. The van der Waals surface area contributed by atoms with Crippen molar-refractivity contribution in [1.29, 1.82) is 0 Å². The average molecular weight is 385 g/mol. The minimum Gasteiger partial charge on any atom is -0.497 e. The molecular formula is C20H17ClN2O4. The first-order valence-electron chi connectivity index (χ1n) is 8.11. The summed E-state index contributed by atoms with van der Waals surface area (Å²) in [4.78, 5) is 27.9. The zero-order chi connectivity index (χ0) is 19.2. The Morgan fingerprint density at radius 2 is 1.85 bits per heavy atom. The molecule has 138 valence electrons. The number of amides is 1. The number of halogens is 1. The quantitative estimate of drug-likeness (QED) is 0.624. The van der Waals surface area contributed by atoms with Crippen molar-refractivity contribution >= 4 is 29.2 Å². The van der Waals surface area contributed by atoms with Gasteiger partial charge in [-0.3, -0.25) is 4.79 Å². The second-order valence-electron chi connectivity index (χ2n) is 5.65. The molecule has 2 N–H and O–H groups in total. The molecule has 0 aliphatic rings. The van der Waals surface area contributed by atoms with Crippen molar-refractivity contribution in [2.45, 2.75) is 6.10 Å². The maximum Gasteiger partial charge on any atom is 0.355 e. The van der Waals surface area contributed by atoms with E-state index in [9.17, 15) is 9.59 Å². The second kappa shape index (κ2) is 8.42. The molecule has 1 unspecified atom stereocenters. The van der Waals surface area contributed by atoms with E-state index in [0.717, 1.165) is 0 Å². The molecule has 0 saturated heterocycles. The molecule has 0 aliphatic heterocycles. The van der Waals surface area contributed by atoms with Crippen LogP contribution in [-0.4, -0.2) is 24.0 Å². The smallest absolute Gasteiger partial charge is 0.355 e. The molecule has 1 atom stereocenters. The van der Waals surface area contributed by atoms with Crippen LogP contribution in [0.2, 0.25) is 5.02 Å². The topological polar surface area (TPSA) is 80.4 Å². The molecule has 0 spiro atoms. The molecule has 3 rings (SSSR count). The Labute approximate surface area is 161 Å². The fourth-order valence-electron chi connectivity index (χ4n) is 2.47. The number of aromatic amines is 1. The normalized spacial score (nSPS) is 11.5. The molecule has 0 radical (unpaired) electrons. The van der Waals surface area contributed by atoms with Gasteiger partial charge in [-0.1, -0.05) is 48.0 Å². The summed E-state index contributed by atoms with van der Waals surface area (Å²) in [5.74, 6) is -0.570. The van der Waals surface area contributed by atoms with Crippen LogP contribution < -0.4 is 10.1 Å². The summed E-state index contributed by atoms with van der Waals surface area (Å²) >= 11 is 5.83. The van der Waals surface area contributed by atoms with Crippen molar-refractivity contribution in [3.63, 3.8) is 0 Å². The lowest BCUT2D eigenvalue weighted by Gasteiger charge is -2.18. The zero-order valence-electron chi connectivity index (χ0n) is 14.4. The standard InChI is InChI=1S/C20H17ClN2O4/c1-26-16-9-5-8-15(11-16)23-19(24)18(13-6-3-2-4-7-13)27-20(25)17-10-14(21)12-22-17/h2-12,18,22H,1H3,(H,23,24). The van der Waals surface area contributed by atoms with Gasteiger partial charge in [-0.25, -0.2) is 4.79 Å². The molecular weight excluding hydrogens is 368 g/mol. The first kappa shape index (κ1) is 18.5. The Balaban J connectivity index is 1.83. The molecule has 0 saturated carbocycles. The van der Waals surface area contributed by atoms with Crippen LogP contribution >= 0.6 is 11.6 Å². The van der Waals surface area contributed by atoms with Crippen LogP contribution in [-0.2, 0) is 9.53 Å². The third-order valence-electron chi connectivity index (χ3n) is 3.77. The van der Waals surface area contributed by atoms with Gasteiger partial charge in [-0.15, -0.1) is 0 Å². The van der Waals surface area contributed by atoms with E-state index in [0.29, 0.717) is 22.0 Å². The minimum atomic E-state index is -1.13. The Bertz CT molecular complexity index is 940. The van der Waals surface area contributed by atoms with Gasteiger partial charge in [-0.2, -0.15) is 0 Å². The second-order valence-corrected chi connectivity index (χ2v) is 6.09. The summed E-state index contributed by atoms with van der Waals surface area (Å²) in [6.45, 7) is 0. The van der Waals surface area contributed by atoms with Gasteiger partial charge in [0.1, 0.15) is 11.4 Å². The van der Waals surface area contributed by atoms with E-state index < -0.39 is 18.0 Å². The minimum absolute atomic E-state index is 0.162. The Morgan fingerprint density at radius 3 is 2.52 bits per heavy atom. The van der Waals surface area contributed by atoms with Crippen molar-refractivity contribution in [3.05, 3.63) is 83.1 Å². The van der Waals surface area contributed by atoms with Gasteiger partial charge < -0.3 is 19.8 Å². The average Bonchev–Trinajstić information content (AvgIpc) is 3.13. The van der Waals surface area contributed by atoms with Gasteiger partial charge in [0.05, 0.1) is 12.1 Å². The van der Waals surface area contributed by atoms with E-state index in [1.807, 2.05) is 6.07 Å². The highest BCUT2D eigenvalue weighted by Gasteiger charge is 2.26. The number of nitrogens with one attached hydrogen (secondary N) is 2. The molecule has 1 aromatic heterocycles. The first-order chi connectivity index (χ1) is 13.1. The highest BCUT2D eigenvalue weighted by Crippen LogP contribution is 2.23. The molecule has 1 heterocycles. The summed E-state index contributed by atoms with van der Waals surface area (Å²) in [6.07, 6.45) is 0.332. The first-order valence-corrected chi connectivity index (χ1v) is 8.49. The maximum atomic E-state index is 12.8. The number of hydrogen-bond acceptors (Lipinski definition) is 4. The number of methoxy groups -OCH3 is 1. The monoisotopic (exact) mass is 384 g/mol. The number of aromatic nitrogens is 1. The number of benzene rings is 2. The summed E-state index contributed by atoms with van der Waals surface area (Å²) in [5.41, 5.74) is 1.23. The van der Waals surface area contributed by atoms with E-state index in [2.05, 4.69) is 10.3 Å².